The number of aryl methyl sites for hydroxylation is 3. The number of nitrogens with one attached hydrogen (secondary N) is 1. The lowest BCUT2D eigenvalue weighted by molar-refractivity contribution is -0.119. The lowest BCUT2D eigenvalue weighted by Gasteiger charge is -2.15. The summed E-state index contributed by atoms with van der Waals surface area (Å²) in [6.45, 7) is 8.02. The third kappa shape index (κ3) is 3.96. The lowest BCUT2D eigenvalue weighted by atomic mass is 10.0. The number of fused-ring (bicyclic) bond motifs is 3. The fourth-order valence-corrected chi connectivity index (χ4v) is 4.01. The number of carbonyl (C=O) groups excluding carboxylic acids is 1. The number of thioether (sulfide) groups is 1. The molecule has 1 unspecified atom stereocenters. The monoisotopic (exact) mass is 405 g/mol. The molecule has 29 heavy (non-hydrogen) atoms. The average molecular weight is 406 g/mol. The molecule has 0 aliphatic heterocycles. The molecular formula is C22H23N5OS. The van der Waals surface area contributed by atoms with Crippen molar-refractivity contribution in [2.24, 2.45) is 0 Å². The second kappa shape index (κ2) is 7.83. The van der Waals surface area contributed by atoms with Gasteiger partial charge in [0.25, 0.3) is 0 Å². The Balaban J connectivity index is 1.51. The van der Waals surface area contributed by atoms with Crippen LogP contribution in [0.2, 0.25) is 0 Å². The van der Waals surface area contributed by atoms with E-state index in [0.29, 0.717) is 11.0 Å². The molecule has 0 radical (unpaired) electrons. The summed E-state index contributed by atoms with van der Waals surface area (Å²) in [6, 6.07) is 14.1. The first-order chi connectivity index (χ1) is 13.9. The van der Waals surface area contributed by atoms with Crippen molar-refractivity contribution in [2.75, 3.05) is 5.75 Å². The predicted molar refractivity (Wildman–Crippen MR) is 116 cm³/mol. The Morgan fingerprint density at radius 1 is 1.10 bits per heavy atom. The van der Waals surface area contributed by atoms with Gasteiger partial charge in [-0.25, -0.2) is 9.97 Å². The Morgan fingerprint density at radius 2 is 1.90 bits per heavy atom. The molecule has 0 aliphatic rings. The minimum atomic E-state index is -0.0550. The Kier molecular flexibility index (Phi) is 5.24. The van der Waals surface area contributed by atoms with Crippen LogP contribution < -0.4 is 5.32 Å². The van der Waals surface area contributed by atoms with E-state index < -0.39 is 0 Å². The Bertz CT molecular complexity index is 1220. The molecule has 1 amide bonds. The maximum atomic E-state index is 12.6. The van der Waals surface area contributed by atoms with Gasteiger partial charge in [-0.3, -0.25) is 4.79 Å². The molecule has 6 nitrogen and oxygen atoms in total. The van der Waals surface area contributed by atoms with Gasteiger partial charge in [0, 0.05) is 5.39 Å². The van der Waals surface area contributed by atoms with Gasteiger partial charge in [-0.2, -0.15) is 4.52 Å². The molecule has 4 aromatic rings. The third-order valence-electron chi connectivity index (χ3n) is 5.00. The summed E-state index contributed by atoms with van der Waals surface area (Å²) in [4.78, 5) is 21.8. The molecule has 0 saturated carbocycles. The number of carbonyl (C=O) groups is 1. The summed E-state index contributed by atoms with van der Waals surface area (Å²) >= 11 is 1.37. The fraction of sp³-hybridized carbons (Fsp3) is 0.273. The highest BCUT2D eigenvalue weighted by atomic mass is 32.2. The highest BCUT2D eigenvalue weighted by Gasteiger charge is 2.15. The number of aromatic nitrogens is 4. The SMILES string of the molecule is Cc1nc2c3ccccc3nc(SCC(=O)NC(C)c3ccc(C)c(C)c3)n2n1. The molecule has 2 heterocycles. The number of rotatable bonds is 5. The van der Waals surface area contributed by atoms with Crippen LogP contribution in [-0.2, 0) is 4.79 Å². The topological polar surface area (TPSA) is 72.2 Å². The summed E-state index contributed by atoms with van der Waals surface area (Å²) < 4.78 is 1.72. The van der Waals surface area contributed by atoms with Gasteiger partial charge in [0.1, 0.15) is 5.82 Å². The van der Waals surface area contributed by atoms with Crippen LogP contribution in [0.4, 0.5) is 0 Å². The van der Waals surface area contributed by atoms with Crippen LogP contribution in [0, 0.1) is 20.8 Å². The molecule has 0 fully saturated rings. The van der Waals surface area contributed by atoms with E-state index in [1.165, 1.54) is 22.9 Å². The Labute approximate surface area is 173 Å². The number of hydrogen-bond acceptors (Lipinski definition) is 5. The van der Waals surface area contributed by atoms with Crippen molar-refractivity contribution in [1.29, 1.82) is 0 Å². The molecule has 148 valence electrons. The standard InChI is InChI=1S/C22H23N5OS/c1-13-9-10-17(11-14(13)2)15(3)23-20(28)12-29-22-25-19-8-6-5-7-18(19)21-24-16(4)26-27(21)22/h5-11,15H,12H2,1-4H3,(H,23,28). The number of nitrogens with zero attached hydrogens (tertiary/aromatic N) is 4. The van der Waals surface area contributed by atoms with Crippen molar-refractivity contribution >= 4 is 34.2 Å². The van der Waals surface area contributed by atoms with E-state index in [-0.39, 0.29) is 17.7 Å². The van der Waals surface area contributed by atoms with Crippen molar-refractivity contribution < 1.29 is 4.79 Å². The molecule has 2 aromatic heterocycles. The minimum Gasteiger partial charge on any atom is -0.349 e. The predicted octanol–water partition coefficient (Wildman–Crippen LogP) is 4.17. The smallest absolute Gasteiger partial charge is 0.230 e. The molecule has 1 atom stereocenters. The minimum absolute atomic E-state index is 0.0410. The van der Waals surface area contributed by atoms with Crippen LogP contribution in [0.3, 0.4) is 0 Å². The van der Waals surface area contributed by atoms with Gasteiger partial charge in [-0.15, -0.1) is 5.10 Å². The quantitative estimate of drug-likeness (QED) is 0.398. The summed E-state index contributed by atoms with van der Waals surface area (Å²) in [5.41, 5.74) is 5.18. The number of hydrogen-bond donors (Lipinski definition) is 1. The second-order valence-electron chi connectivity index (χ2n) is 7.23. The van der Waals surface area contributed by atoms with Crippen LogP contribution in [0.15, 0.2) is 47.6 Å². The van der Waals surface area contributed by atoms with Crippen LogP contribution in [0.1, 0.15) is 35.5 Å². The van der Waals surface area contributed by atoms with Gasteiger partial charge in [0.05, 0.1) is 17.3 Å². The highest BCUT2D eigenvalue weighted by molar-refractivity contribution is 7.99. The normalized spacial score (nSPS) is 12.4. The largest absolute Gasteiger partial charge is 0.349 e. The van der Waals surface area contributed by atoms with Crippen molar-refractivity contribution in [3.05, 3.63) is 65.0 Å². The number of benzene rings is 2. The van der Waals surface area contributed by atoms with E-state index in [9.17, 15) is 4.79 Å². The van der Waals surface area contributed by atoms with Crippen molar-refractivity contribution in [1.82, 2.24) is 24.9 Å². The summed E-state index contributed by atoms with van der Waals surface area (Å²) in [6.07, 6.45) is 0. The molecule has 7 heteroatoms. The van der Waals surface area contributed by atoms with E-state index in [1.807, 2.05) is 38.1 Å². The number of amides is 1. The first kappa shape index (κ1) is 19.4. The van der Waals surface area contributed by atoms with E-state index in [1.54, 1.807) is 4.52 Å². The van der Waals surface area contributed by atoms with Gasteiger partial charge >= 0.3 is 0 Å². The summed E-state index contributed by atoms with van der Waals surface area (Å²) in [5.74, 6) is 0.896. The van der Waals surface area contributed by atoms with Gasteiger partial charge in [-0.05, 0) is 56.5 Å². The maximum Gasteiger partial charge on any atom is 0.230 e. The molecular weight excluding hydrogens is 382 g/mol. The van der Waals surface area contributed by atoms with E-state index >= 15 is 0 Å². The summed E-state index contributed by atoms with van der Waals surface area (Å²) in [7, 11) is 0. The lowest BCUT2D eigenvalue weighted by Crippen LogP contribution is -2.28. The fourth-order valence-electron chi connectivity index (χ4n) is 3.26. The van der Waals surface area contributed by atoms with Crippen molar-refractivity contribution in [2.45, 2.75) is 38.9 Å². The molecule has 0 bridgehead atoms. The van der Waals surface area contributed by atoms with E-state index in [4.69, 9.17) is 4.98 Å². The zero-order chi connectivity index (χ0) is 20.5. The molecule has 2 aromatic carbocycles. The maximum absolute atomic E-state index is 12.6. The van der Waals surface area contributed by atoms with Crippen LogP contribution in [-0.4, -0.2) is 31.2 Å². The zero-order valence-electron chi connectivity index (χ0n) is 16.9. The first-order valence-corrected chi connectivity index (χ1v) is 10.5. The molecule has 1 N–H and O–H groups in total. The third-order valence-corrected chi connectivity index (χ3v) is 5.93. The molecule has 0 saturated heterocycles. The van der Waals surface area contributed by atoms with Gasteiger partial charge < -0.3 is 5.32 Å². The summed E-state index contributed by atoms with van der Waals surface area (Å²) in [5, 5.41) is 9.14. The van der Waals surface area contributed by atoms with Gasteiger partial charge in [0.15, 0.2) is 10.8 Å². The number of para-hydroxylation sites is 1. The van der Waals surface area contributed by atoms with Gasteiger partial charge in [-0.1, -0.05) is 42.1 Å². The molecule has 4 rings (SSSR count). The van der Waals surface area contributed by atoms with Crippen LogP contribution >= 0.6 is 11.8 Å². The Morgan fingerprint density at radius 3 is 2.69 bits per heavy atom. The highest BCUT2D eigenvalue weighted by Crippen LogP contribution is 2.24. The van der Waals surface area contributed by atoms with E-state index in [0.717, 1.165) is 22.1 Å². The first-order valence-electron chi connectivity index (χ1n) is 9.54. The molecule has 0 aliphatic carbocycles. The molecule has 0 spiro atoms. The van der Waals surface area contributed by atoms with Crippen molar-refractivity contribution in [3.8, 4) is 0 Å². The van der Waals surface area contributed by atoms with Crippen LogP contribution in [0.25, 0.3) is 16.6 Å². The second-order valence-corrected chi connectivity index (χ2v) is 8.17. The zero-order valence-corrected chi connectivity index (χ0v) is 17.7. The van der Waals surface area contributed by atoms with Gasteiger partial charge in [0.2, 0.25) is 5.91 Å². The van der Waals surface area contributed by atoms with Crippen LogP contribution in [0.5, 0.6) is 0 Å². The average Bonchev–Trinajstić information content (AvgIpc) is 3.10. The van der Waals surface area contributed by atoms with E-state index in [2.05, 4.69) is 47.4 Å². The van der Waals surface area contributed by atoms with Crippen molar-refractivity contribution in [3.63, 3.8) is 0 Å². The Hall–Kier alpha value is -2.93.